The van der Waals surface area contributed by atoms with Crippen LogP contribution >= 0.6 is 0 Å². The number of aliphatic imine (C=N–C) groups is 1. The number of methoxy groups -OCH3 is 1. The molecule has 0 bridgehead atoms. The van der Waals surface area contributed by atoms with Gasteiger partial charge in [0.05, 0.1) is 7.11 Å². The molecule has 0 radical (unpaired) electrons. The van der Waals surface area contributed by atoms with Crippen molar-refractivity contribution in [1.82, 2.24) is 0 Å². The molecule has 0 amide bonds. The smallest absolute Gasteiger partial charge is 0.305 e. The van der Waals surface area contributed by atoms with E-state index in [4.69, 9.17) is 0 Å². The van der Waals surface area contributed by atoms with Gasteiger partial charge in [0, 0.05) is 19.4 Å². The first-order valence-electron chi connectivity index (χ1n) is 4.80. The number of rotatable bonds is 8. The van der Waals surface area contributed by atoms with Crippen molar-refractivity contribution in [1.29, 1.82) is 0 Å². The molecule has 4 heteroatoms. The lowest BCUT2D eigenvalue weighted by Crippen LogP contribution is -2.00. The second kappa shape index (κ2) is 9.89. The summed E-state index contributed by atoms with van der Waals surface area (Å²) < 4.78 is 4.48. The van der Waals surface area contributed by atoms with Crippen LogP contribution in [0.15, 0.2) is 4.99 Å². The van der Waals surface area contributed by atoms with Gasteiger partial charge >= 0.3 is 5.97 Å². The van der Waals surface area contributed by atoms with E-state index in [1.165, 1.54) is 7.11 Å². The van der Waals surface area contributed by atoms with E-state index in [0.717, 1.165) is 25.5 Å². The fourth-order valence-corrected chi connectivity index (χ4v) is 0.892. The number of carbonyl (C=O) groups is 2. The molecule has 0 aliphatic heterocycles. The molecule has 80 valence electrons. The fraction of sp³-hybridized carbons (Fsp3) is 0.700. The highest BCUT2D eigenvalue weighted by atomic mass is 16.5. The van der Waals surface area contributed by atoms with E-state index in [-0.39, 0.29) is 5.97 Å². The number of nitrogens with zero attached hydrogens (tertiary/aromatic N) is 1. The molecule has 0 unspecified atom stereocenters. The Morgan fingerprint density at radius 3 is 2.79 bits per heavy atom. The van der Waals surface area contributed by atoms with Crippen molar-refractivity contribution in [3.05, 3.63) is 0 Å². The lowest BCUT2D eigenvalue weighted by atomic mass is 10.2. The molecule has 0 aromatic heterocycles. The maximum Gasteiger partial charge on any atom is 0.305 e. The number of aldehydes is 1. The molecule has 0 spiro atoms. The molecule has 14 heavy (non-hydrogen) atoms. The summed E-state index contributed by atoms with van der Waals surface area (Å²) in [4.78, 5) is 24.7. The molecule has 0 atom stereocenters. The summed E-state index contributed by atoms with van der Waals surface area (Å²) in [6, 6.07) is 0. The van der Waals surface area contributed by atoms with Gasteiger partial charge < -0.3 is 9.53 Å². The number of unbranched alkanes of at least 4 members (excludes halogenated alkanes) is 2. The maximum absolute atomic E-state index is 10.7. The third kappa shape index (κ3) is 8.90. The van der Waals surface area contributed by atoms with Crippen LogP contribution in [0.3, 0.4) is 0 Å². The highest BCUT2D eigenvalue weighted by molar-refractivity contribution is 5.69. The summed E-state index contributed by atoms with van der Waals surface area (Å²) in [5, 5.41) is 0. The molecular weight excluding hydrogens is 182 g/mol. The minimum atomic E-state index is -0.193. The first kappa shape index (κ1) is 12.8. The van der Waals surface area contributed by atoms with Gasteiger partial charge in [-0.1, -0.05) is 0 Å². The first-order chi connectivity index (χ1) is 6.81. The van der Waals surface area contributed by atoms with Crippen molar-refractivity contribution < 1.29 is 14.3 Å². The monoisotopic (exact) mass is 199 g/mol. The molecule has 0 heterocycles. The zero-order chi connectivity index (χ0) is 10.6. The zero-order valence-corrected chi connectivity index (χ0v) is 8.57. The van der Waals surface area contributed by atoms with Crippen molar-refractivity contribution in [3.63, 3.8) is 0 Å². The van der Waals surface area contributed by atoms with Gasteiger partial charge in [0.2, 0.25) is 0 Å². The third-order valence-corrected chi connectivity index (χ3v) is 1.68. The van der Waals surface area contributed by atoms with Gasteiger partial charge in [0.15, 0.2) is 0 Å². The van der Waals surface area contributed by atoms with Gasteiger partial charge in [0.1, 0.15) is 6.29 Å². The van der Waals surface area contributed by atoms with E-state index in [1.807, 2.05) is 0 Å². The number of hydrogen-bond acceptors (Lipinski definition) is 4. The average Bonchev–Trinajstić information content (AvgIpc) is 2.21. The highest BCUT2D eigenvalue weighted by Gasteiger charge is 1.96. The molecule has 0 aliphatic rings. The Labute approximate surface area is 84.4 Å². The lowest BCUT2D eigenvalue weighted by molar-refractivity contribution is -0.140. The van der Waals surface area contributed by atoms with E-state index < -0.39 is 0 Å². The highest BCUT2D eigenvalue weighted by Crippen LogP contribution is 1.93. The fourth-order valence-electron chi connectivity index (χ4n) is 0.892. The quantitative estimate of drug-likeness (QED) is 0.257. The van der Waals surface area contributed by atoms with Crippen LogP contribution in [0.25, 0.3) is 0 Å². The Hall–Kier alpha value is -1.19. The molecule has 0 fully saturated rings. The van der Waals surface area contributed by atoms with Crippen molar-refractivity contribution >= 4 is 18.5 Å². The lowest BCUT2D eigenvalue weighted by Gasteiger charge is -1.95. The van der Waals surface area contributed by atoms with E-state index in [0.29, 0.717) is 19.4 Å². The second-order valence-corrected chi connectivity index (χ2v) is 2.87. The van der Waals surface area contributed by atoms with Gasteiger partial charge in [-0.3, -0.25) is 9.79 Å². The minimum Gasteiger partial charge on any atom is -0.469 e. The summed E-state index contributed by atoms with van der Waals surface area (Å²) >= 11 is 0. The van der Waals surface area contributed by atoms with Crippen LogP contribution in [0, 0.1) is 0 Å². The Balaban J connectivity index is 3.18. The molecule has 0 rings (SSSR count). The van der Waals surface area contributed by atoms with Crippen LogP contribution in [0.5, 0.6) is 0 Å². The van der Waals surface area contributed by atoms with Gasteiger partial charge in [0.25, 0.3) is 0 Å². The second-order valence-electron chi connectivity index (χ2n) is 2.87. The van der Waals surface area contributed by atoms with Crippen LogP contribution in [0.1, 0.15) is 32.1 Å². The van der Waals surface area contributed by atoms with Crippen LogP contribution in [0.4, 0.5) is 0 Å². The predicted molar refractivity (Wildman–Crippen MR) is 54.5 cm³/mol. The first-order valence-corrected chi connectivity index (χ1v) is 4.80. The summed E-state index contributed by atoms with van der Waals surface area (Å²) in [5.74, 6) is -0.193. The molecule has 0 saturated heterocycles. The van der Waals surface area contributed by atoms with Crippen molar-refractivity contribution in [3.8, 4) is 0 Å². The largest absolute Gasteiger partial charge is 0.469 e. The molecular formula is C10H17NO3. The molecule has 0 N–H and O–H groups in total. The Morgan fingerprint density at radius 1 is 1.36 bits per heavy atom. The topological polar surface area (TPSA) is 55.7 Å². The number of carbonyl (C=O) groups excluding carboxylic acids is 2. The van der Waals surface area contributed by atoms with Crippen molar-refractivity contribution in [2.24, 2.45) is 4.99 Å². The van der Waals surface area contributed by atoms with Crippen LogP contribution < -0.4 is 0 Å². The van der Waals surface area contributed by atoms with Crippen molar-refractivity contribution in [2.75, 3.05) is 13.7 Å². The number of ether oxygens (including phenoxy) is 1. The molecule has 0 aliphatic carbocycles. The van der Waals surface area contributed by atoms with E-state index in [1.54, 1.807) is 6.21 Å². The summed E-state index contributed by atoms with van der Waals surface area (Å²) in [7, 11) is 1.38. The van der Waals surface area contributed by atoms with E-state index in [2.05, 4.69) is 9.73 Å². The average molecular weight is 199 g/mol. The molecule has 0 saturated carbocycles. The summed E-state index contributed by atoms with van der Waals surface area (Å²) in [5.41, 5.74) is 0. The standard InChI is InChI=1S/C10H17NO3/c1-14-10(13)6-5-8-11-7-3-2-4-9-12/h7,9H,2-6,8H2,1H3. The van der Waals surface area contributed by atoms with Gasteiger partial charge in [-0.2, -0.15) is 0 Å². The van der Waals surface area contributed by atoms with Gasteiger partial charge in [-0.05, 0) is 25.5 Å². The van der Waals surface area contributed by atoms with E-state index in [9.17, 15) is 9.59 Å². The summed E-state index contributed by atoms with van der Waals surface area (Å²) in [6.07, 6.45) is 6.13. The van der Waals surface area contributed by atoms with Crippen molar-refractivity contribution in [2.45, 2.75) is 32.1 Å². The SMILES string of the molecule is COC(=O)CCCN=CCCCC=O. The van der Waals surface area contributed by atoms with Crippen LogP contribution in [-0.4, -0.2) is 32.1 Å². The van der Waals surface area contributed by atoms with Gasteiger partial charge in [-0.25, -0.2) is 0 Å². The number of hydrogen-bond donors (Lipinski definition) is 0. The normalized spacial score (nSPS) is 10.4. The van der Waals surface area contributed by atoms with Gasteiger partial charge in [-0.15, -0.1) is 0 Å². The Kier molecular flexibility index (Phi) is 9.05. The van der Waals surface area contributed by atoms with E-state index >= 15 is 0 Å². The maximum atomic E-state index is 10.7. The minimum absolute atomic E-state index is 0.193. The molecule has 0 aromatic carbocycles. The third-order valence-electron chi connectivity index (χ3n) is 1.68. The zero-order valence-electron chi connectivity index (χ0n) is 8.57. The Morgan fingerprint density at radius 2 is 2.14 bits per heavy atom. The predicted octanol–water partition coefficient (Wildman–Crippen LogP) is 1.38. The molecule has 4 nitrogen and oxygen atoms in total. The summed E-state index contributed by atoms with van der Waals surface area (Å²) in [6.45, 7) is 0.649. The van der Waals surface area contributed by atoms with Crippen LogP contribution in [-0.2, 0) is 14.3 Å². The van der Waals surface area contributed by atoms with Crippen LogP contribution in [0.2, 0.25) is 0 Å². The Bertz CT molecular complexity index is 190. The number of esters is 1. The molecule has 0 aromatic rings.